The number of benzene rings is 1. The molecule has 2 aromatic rings. The van der Waals surface area contributed by atoms with Crippen LogP contribution in [0.1, 0.15) is 40.5 Å². The van der Waals surface area contributed by atoms with Crippen molar-refractivity contribution in [2.24, 2.45) is 5.73 Å². The molecule has 0 bridgehead atoms. The molecule has 0 spiro atoms. The first-order chi connectivity index (χ1) is 12.0. The summed E-state index contributed by atoms with van der Waals surface area (Å²) in [7, 11) is 0. The lowest BCUT2D eigenvalue weighted by molar-refractivity contribution is 0.370. The van der Waals surface area contributed by atoms with Crippen LogP contribution in [0.25, 0.3) is 5.69 Å². The van der Waals surface area contributed by atoms with Crippen molar-refractivity contribution in [2.45, 2.75) is 46.1 Å². The Morgan fingerprint density at radius 3 is 2.38 bits per heavy atom. The summed E-state index contributed by atoms with van der Waals surface area (Å²) >= 11 is 12.2. The van der Waals surface area contributed by atoms with Crippen LogP contribution in [0, 0.1) is 12.3 Å². The van der Waals surface area contributed by atoms with E-state index in [1.807, 2.05) is 34.6 Å². The molecule has 0 unspecified atom stereocenters. The molecule has 8 heteroatoms. The summed E-state index contributed by atoms with van der Waals surface area (Å²) in [5.41, 5.74) is 5.01. The van der Waals surface area contributed by atoms with Gasteiger partial charge < -0.3 is 14.9 Å². The van der Waals surface area contributed by atoms with Gasteiger partial charge in [0.05, 0.1) is 15.7 Å². The number of halogens is 2. The second kappa shape index (κ2) is 9.13. The molecule has 2 rings (SSSR count). The van der Waals surface area contributed by atoms with Crippen LogP contribution < -0.4 is 16.2 Å². The van der Waals surface area contributed by atoms with Crippen LogP contribution in [0.5, 0.6) is 5.75 Å². The molecular weight excluding hydrogens is 377 g/mol. The fraction of sp³-hybridized carbons (Fsp3) is 0.444. The molecule has 0 radical (unpaired) electrons. The Kier molecular flexibility index (Phi) is 7.76. The first-order valence-corrected chi connectivity index (χ1v) is 8.64. The monoisotopic (exact) mass is 399 g/mol. The number of hydrogen-bond donors (Lipinski definition) is 1. The molecule has 0 saturated heterocycles. The van der Waals surface area contributed by atoms with E-state index in [0.29, 0.717) is 23.4 Å². The Morgan fingerprint density at radius 2 is 1.92 bits per heavy atom. The van der Waals surface area contributed by atoms with E-state index in [2.05, 4.69) is 11.0 Å². The van der Waals surface area contributed by atoms with Crippen LogP contribution >= 0.6 is 23.2 Å². The molecule has 6 nitrogen and oxygen atoms in total. The van der Waals surface area contributed by atoms with E-state index in [-0.39, 0.29) is 16.7 Å². The molecule has 0 fully saturated rings. The molecule has 26 heavy (non-hydrogen) atoms. The van der Waals surface area contributed by atoms with Gasteiger partial charge in [-0.2, -0.15) is 4.68 Å². The van der Waals surface area contributed by atoms with E-state index >= 15 is 0 Å². The minimum absolute atomic E-state index is 0.0434. The molecule has 142 valence electrons. The highest BCUT2D eigenvalue weighted by atomic mass is 35.5. The summed E-state index contributed by atoms with van der Waals surface area (Å²) < 4.78 is 11.6. The van der Waals surface area contributed by atoms with Crippen molar-refractivity contribution in [3.63, 3.8) is 0 Å². The smallest absolute Gasteiger partial charge is 0.442 e. The van der Waals surface area contributed by atoms with Crippen molar-refractivity contribution in [2.75, 3.05) is 6.61 Å². The predicted octanol–water partition coefficient (Wildman–Crippen LogP) is 3.80. The van der Waals surface area contributed by atoms with Crippen molar-refractivity contribution in [1.82, 2.24) is 9.78 Å². The average molecular weight is 400 g/mol. The van der Waals surface area contributed by atoms with Gasteiger partial charge in [0.25, 0.3) is 0 Å². The van der Waals surface area contributed by atoms with Gasteiger partial charge in [0.1, 0.15) is 12.4 Å². The van der Waals surface area contributed by atoms with Gasteiger partial charge >= 0.3 is 5.76 Å². The summed E-state index contributed by atoms with van der Waals surface area (Å²) in [5, 5.41) is 4.71. The molecule has 1 heterocycles. The number of rotatable bonds is 3. The number of hydrogen-bond acceptors (Lipinski definition) is 5. The first-order valence-electron chi connectivity index (χ1n) is 7.89. The van der Waals surface area contributed by atoms with Crippen LogP contribution in [0.2, 0.25) is 10.0 Å². The Morgan fingerprint density at radius 1 is 1.35 bits per heavy atom. The Labute approximate surface area is 163 Å². The summed E-state index contributed by atoms with van der Waals surface area (Å²) in [6, 6.07) is 3.29. The van der Waals surface area contributed by atoms with Crippen LogP contribution in [0.4, 0.5) is 0 Å². The number of ether oxygens (including phenoxy) is 1. The quantitative estimate of drug-likeness (QED) is 0.793. The lowest BCUT2D eigenvalue weighted by atomic mass is 9.97. The van der Waals surface area contributed by atoms with E-state index in [4.69, 9.17) is 44.5 Å². The minimum Gasteiger partial charge on any atom is -0.479 e. The lowest BCUT2D eigenvalue weighted by Crippen LogP contribution is -2.15. The fourth-order valence-corrected chi connectivity index (χ4v) is 2.16. The largest absolute Gasteiger partial charge is 0.479 e. The second-order valence-electron chi connectivity index (χ2n) is 6.81. The van der Waals surface area contributed by atoms with Gasteiger partial charge in [-0.3, -0.25) is 0 Å². The van der Waals surface area contributed by atoms with Gasteiger partial charge in [-0.1, -0.05) is 63.7 Å². The zero-order chi connectivity index (χ0) is 20.1. The highest BCUT2D eigenvalue weighted by Gasteiger charge is 2.24. The summed E-state index contributed by atoms with van der Waals surface area (Å²) in [5.74, 6) is 2.31. The van der Waals surface area contributed by atoms with Crippen molar-refractivity contribution in [1.29, 1.82) is 0 Å². The summed E-state index contributed by atoms with van der Waals surface area (Å²) in [4.78, 5) is 12.0. The van der Waals surface area contributed by atoms with Gasteiger partial charge in [-0.15, -0.1) is 11.5 Å². The van der Waals surface area contributed by atoms with Gasteiger partial charge in [0.2, 0.25) is 5.89 Å². The molecule has 1 aromatic heterocycles. The Hall–Kier alpha value is -1.94. The lowest BCUT2D eigenvalue weighted by Gasteiger charge is -2.11. The third-order valence-corrected chi connectivity index (χ3v) is 3.33. The zero-order valence-electron chi connectivity index (χ0n) is 15.5. The third-order valence-electron chi connectivity index (χ3n) is 2.73. The first kappa shape index (κ1) is 22.1. The normalized spacial score (nSPS) is 10.9. The third kappa shape index (κ3) is 6.10. The molecule has 1 aromatic carbocycles. The maximum absolute atomic E-state index is 12.0. The molecule has 0 aliphatic heterocycles. The van der Waals surface area contributed by atoms with Crippen molar-refractivity contribution >= 4 is 23.2 Å². The maximum atomic E-state index is 12.0. The van der Waals surface area contributed by atoms with E-state index in [1.165, 1.54) is 12.1 Å². The highest BCUT2D eigenvalue weighted by molar-refractivity contribution is 6.36. The van der Waals surface area contributed by atoms with Crippen LogP contribution in [-0.4, -0.2) is 22.4 Å². The van der Waals surface area contributed by atoms with Crippen LogP contribution in [0.3, 0.4) is 0 Å². The van der Waals surface area contributed by atoms with E-state index < -0.39 is 11.2 Å². The summed E-state index contributed by atoms with van der Waals surface area (Å²) in [6.45, 7) is 9.58. The predicted molar refractivity (Wildman–Crippen MR) is 104 cm³/mol. The summed E-state index contributed by atoms with van der Waals surface area (Å²) in [6.07, 6.45) is 5.15. The van der Waals surface area contributed by atoms with Crippen molar-refractivity contribution in [3.05, 3.63) is 38.6 Å². The second-order valence-corrected chi connectivity index (χ2v) is 7.62. The SMILES string of the molecule is C#CCOc1cc(-n2nc(C(C)(C)C)oc2=O)c(Cl)cc1Cl.CC(C)N. The molecule has 0 amide bonds. The van der Waals surface area contributed by atoms with Crippen LogP contribution in [0.15, 0.2) is 21.3 Å². The molecule has 0 aliphatic carbocycles. The van der Waals surface area contributed by atoms with E-state index in [1.54, 1.807) is 0 Å². The van der Waals surface area contributed by atoms with Crippen molar-refractivity contribution < 1.29 is 9.15 Å². The van der Waals surface area contributed by atoms with Gasteiger partial charge in [0.15, 0.2) is 0 Å². The molecule has 0 aliphatic rings. The number of aromatic nitrogens is 2. The molecule has 2 N–H and O–H groups in total. The number of terminal acetylenes is 1. The zero-order valence-corrected chi connectivity index (χ0v) is 17.0. The van der Waals surface area contributed by atoms with Gasteiger partial charge in [0, 0.05) is 11.5 Å². The number of nitrogens with two attached hydrogens (primary N) is 1. The molecular formula is C18H23Cl2N3O3. The standard InChI is InChI=1S/C15H14Cl2N2O3.C3H9N/c1-5-6-21-12-8-11(9(16)7-10(12)17)19-14(20)22-13(18-19)15(2,3)4;1-3(2)4/h1,7-8H,6H2,2-4H3;3H,4H2,1-2H3. The van der Waals surface area contributed by atoms with Crippen molar-refractivity contribution in [3.8, 4) is 23.8 Å². The molecule has 0 saturated carbocycles. The average Bonchev–Trinajstić information content (AvgIpc) is 2.88. The topological polar surface area (TPSA) is 83.3 Å². The number of nitrogens with zero attached hydrogens (tertiary/aromatic N) is 2. The minimum atomic E-state index is -0.642. The van der Waals surface area contributed by atoms with Crippen LogP contribution in [-0.2, 0) is 5.41 Å². The highest BCUT2D eigenvalue weighted by Crippen LogP contribution is 2.33. The Balaban J connectivity index is 0.000000765. The van der Waals surface area contributed by atoms with Gasteiger partial charge in [-0.25, -0.2) is 4.79 Å². The van der Waals surface area contributed by atoms with E-state index in [9.17, 15) is 4.79 Å². The van der Waals surface area contributed by atoms with E-state index in [0.717, 1.165) is 4.68 Å². The molecule has 0 atom stereocenters. The fourth-order valence-electron chi connectivity index (χ4n) is 1.64. The maximum Gasteiger partial charge on any atom is 0.442 e. The Bertz CT molecular complexity index is 840. The van der Waals surface area contributed by atoms with Gasteiger partial charge in [-0.05, 0) is 12.1 Å².